The zero-order valence-corrected chi connectivity index (χ0v) is 25.1. The van der Waals surface area contributed by atoms with Gasteiger partial charge in [0.05, 0.1) is 32.4 Å². The molecule has 1 aliphatic heterocycles. The summed E-state index contributed by atoms with van der Waals surface area (Å²) in [7, 11) is 3.01. The van der Waals surface area contributed by atoms with E-state index in [4.69, 9.17) is 9.47 Å². The lowest BCUT2D eigenvalue weighted by Gasteiger charge is -2.22. The first-order chi connectivity index (χ1) is 21.4. The molecule has 11 heteroatoms. The number of aromatic nitrogens is 3. The van der Waals surface area contributed by atoms with Gasteiger partial charge in [0.2, 0.25) is 0 Å². The minimum absolute atomic E-state index is 0.0698. The van der Waals surface area contributed by atoms with Gasteiger partial charge in [-0.25, -0.2) is 18.7 Å². The average molecular weight is 617 g/mol. The van der Waals surface area contributed by atoms with Crippen molar-refractivity contribution in [3.8, 4) is 22.9 Å². The van der Waals surface area contributed by atoms with Crippen LogP contribution in [0.25, 0.3) is 21.7 Å². The Bertz CT molecular complexity index is 1870. The van der Waals surface area contributed by atoms with Crippen molar-refractivity contribution >= 4 is 32.6 Å². The Morgan fingerprint density at radius 2 is 1.77 bits per heavy atom. The van der Waals surface area contributed by atoms with Crippen molar-refractivity contribution in [1.29, 1.82) is 0 Å². The highest BCUT2D eigenvalue weighted by atomic mass is 32.1. The summed E-state index contributed by atoms with van der Waals surface area (Å²) in [6.07, 6.45) is 2.52. The van der Waals surface area contributed by atoms with Crippen molar-refractivity contribution in [2.45, 2.75) is 38.3 Å². The van der Waals surface area contributed by atoms with Crippen LogP contribution < -0.4 is 19.9 Å². The Morgan fingerprint density at radius 1 is 1.00 bits per heavy atom. The van der Waals surface area contributed by atoms with E-state index >= 15 is 8.78 Å². The molecule has 1 saturated heterocycles. The summed E-state index contributed by atoms with van der Waals surface area (Å²) in [5.74, 6) is -0.765. The van der Waals surface area contributed by atoms with Crippen LogP contribution in [0.2, 0.25) is 0 Å². The molecule has 226 valence electrons. The Morgan fingerprint density at radius 3 is 2.50 bits per heavy atom. The number of rotatable bonds is 10. The van der Waals surface area contributed by atoms with Gasteiger partial charge in [0.1, 0.15) is 23.1 Å². The second-order valence-corrected chi connectivity index (χ2v) is 11.5. The second-order valence-electron chi connectivity index (χ2n) is 10.6. The third-order valence-corrected chi connectivity index (χ3v) is 8.88. The highest BCUT2D eigenvalue weighted by Crippen LogP contribution is 2.35. The molecule has 44 heavy (non-hydrogen) atoms. The van der Waals surface area contributed by atoms with Crippen molar-refractivity contribution in [3.05, 3.63) is 99.8 Å². The molecule has 0 bridgehead atoms. The Kier molecular flexibility index (Phi) is 8.38. The van der Waals surface area contributed by atoms with Crippen LogP contribution in [0, 0.1) is 11.6 Å². The second kappa shape index (κ2) is 12.5. The highest BCUT2D eigenvalue weighted by molar-refractivity contribution is 7.21. The molecule has 8 nitrogen and oxygen atoms in total. The lowest BCUT2D eigenvalue weighted by atomic mass is 10.0. The van der Waals surface area contributed by atoms with Crippen LogP contribution in [-0.2, 0) is 17.8 Å². The van der Waals surface area contributed by atoms with E-state index in [9.17, 15) is 9.59 Å². The predicted molar refractivity (Wildman–Crippen MR) is 166 cm³/mol. The van der Waals surface area contributed by atoms with Crippen LogP contribution in [-0.4, -0.2) is 47.1 Å². The fourth-order valence-electron chi connectivity index (χ4n) is 5.63. The van der Waals surface area contributed by atoms with E-state index in [1.165, 1.54) is 24.9 Å². The lowest BCUT2D eigenvalue weighted by molar-refractivity contribution is -0.120. The van der Waals surface area contributed by atoms with Crippen LogP contribution in [0.5, 0.6) is 11.5 Å². The average Bonchev–Trinajstić information content (AvgIpc) is 3.70. The third-order valence-electron chi connectivity index (χ3n) is 7.89. The molecule has 1 atom stereocenters. The van der Waals surface area contributed by atoms with E-state index in [-0.39, 0.29) is 34.5 Å². The molecule has 3 aromatic carbocycles. The number of anilines is 1. The molecular weight excluding hydrogens is 586 g/mol. The smallest absolute Gasteiger partial charge is 0.281 e. The molecule has 1 aliphatic rings. The zero-order valence-electron chi connectivity index (χ0n) is 24.3. The Labute approximate surface area is 256 Å². The van der Waals surface area contributed by atoms with Gasteiger partial charge < -0.3 is 14.4 Å². The van der Waals surface area contributed by atoms with Gasteiger partial charge in [-0.1, -0.05) is 47.7 Å². The first-order valence-corrected chi connectivity index (χ1v) is 15.1. The standard InChI is InChI=1S/C33H30F2N4O4S/c1-42-22-15-14-21(27(18-22)43-2)19-39-30(28-23(34)10-6-11-24(28)35)37-31-29(32(39)41)36-33(44-31)38-17-7-12-25(38)26(40)16-13-20-8-4-3-5-9-20/h3-6,8-11,14-15,18,25H,7,12-13,16-17,19H2,1-2H3/t25-/m1/s1. The van der Waals surface area contributed by atoms with Gasteiger partial charge in [-0.05, 0) is 49.1 Å². The molecule has 0 saturated carbocycles. The quantitative estimate of drug-likeness (QED) is 0.189. The number of methoxy groups -OCH3 is 2. The first-order valence-electron chi connectivity index (χ1n) is 14.3. The van der Waals surface area contributed by atoms with E-state index in [1.807, 2.05) is 35.2 Å². The van der Waals surface area contributed by atoms with E-state index < -0.39 is 22.8 Å². The largest absolute Gasteiger partial charge is 0.497 e. The summed E-state index contributed by atoms with van der Waals surface area (Å²) >= 11 is 1.14. The molecule has 0 spiro atoms. The van der Waals surface area contributed by atoms with Crippen molar-refractivity contribution in [2.75, 3.05) is 25.7 Å². The number of thiazole rings is 1. The van der Waals surface area contributed by atoms with Crippen molar-refractivity contribution in [2.24, 2.45) is 0 Å². The molecule has 1 fully saturated rings. The third kappa shape index (κ3) is 5.67. The van der Waals surface area contributed by atoms with Crippen molar-refractivity contribution in [3.63, 3.8) is 0 Å². The van der Waals surface area contributed by atoms with E-state index in [0.717, 1.165) is 35.5 Å². The minimum atomic E-state index is -0.847. The van der Waals surface area contributed by atoms with Crippen LogP contribution in [0.15, 0.2) is 71.5 Å². The summed E-state index contributed by atoms with van der Waals surface area (Å²) in [6.45, 7) is 0.517. The number of halogens is 2. The lowest BCUT2D eigenvalue weighted by Crippen LogP contribution is -2.36. The first kappa shape index (κ1) is 29.4. The number of carbonyl (C=O) groups excluding carboxylic acids is 1. The number of hydrogen-bond acceptors (Lipinski definition) is 8. The maximum Gasteiger partial charge on any atom is 0.281 e. The predicted octanol–water partition coefficient (Wildman–Crippen LogP) is 6.03. The molecule has 5 aromatic rings. The fraction of sp³-hybridized carbons (Fsp3) is 0.273. The highest BCUT2D eigenvalue weighted by Gasteiger charge is 2.33. The van der Waals surface area contributed by atoms with Crippen LogP contribution in [0.3, 0.4) is 0 Å². The number of hydrogen-bond donors (Lipinski definition) is 0. The van der Waals surface area contributed by atoms with Gasteiger partial charge in [-0.3, -0.25) is 14.2 Å². The van der Waals surface area contributed by atoms with Gasteiger partial charge in [0.15, 0.2) is 27.1 Å². The van der Waals surface area contributed by atoms with Crippen molar-refractivity contribution in [1.82, 2.24) is 14.5 Å². The molecule has 0 radical (unpaired) electrons. The summed E-state index contributed by atoms with van der Waals surface area (Å²) in [4.78, 5) is 38.8. The number of ether oxygens (including phenoxy) is 2. The summed E-state index contributed by atoms with van der Waals surface area (Å²) in [5, 5.41) is 0.486. The molecule has 0 N–H and O–H groups in total. The van der Waals surface area contributed by atoms with E-state index in [2.05, 4.69) is 9.97 Å². The number of ketones is 1. The van der Waals surface area contributed by atoms with Crippen LogP contribution in [0.1, 0.15) is 30.4 Å². The monoisotopic (exact) mass is 616 g/mol. The molecular formula is C33H30F2N4O4S. The minimum Gasteiger partial charge on any atom is -0.497 e. The maximum atomic E-state index is 15.1. The summed E-state index contributed by atoms with van der Waals surface area (Å²) < 4.78 is 42.3. The summed E-state index contributed by atoms with van der Waals surface area (Å²) in [6, 6.07) is 18.1. The van der Waals surface area contributed by atoms with Gasteiger partial charge in [0, 0.05) is 24.6 Å². The number of fused-ring (bicyclic) bond motifs is 1. The Hall–Kier alpha value is -4.64. The number of nitrogens with zero attached hydrogens (tertiary/aromatic N) is 4. The fourth-order valence-corrected chi connectivity index (χ4v) is 6.64. The Balaban J connectivity index is 1.41. The van der Waals surface area contributed by atoms with Gasteiger partial charge >= 0.3 is 0 Å². The molecule has 0 unspecified atom stereocenters. The number of Topliss-reactive ketones (excluding diaryl/α,β-unsaturated/α-hetero) is 1. The van der Waals surface area contributed by atoms with Gasteiger partial charge in [0.25, 0.3) is 5.56 Å². The van der Waals surface area contributed by atoms with Crippen molar-refractivity contribution < 1.29 is 23.0 Å². The number of carbonyl (C=O) groups is 1. The van der Waals surface area contributed by atoms with Crippen LogP contribution >= 0.6 is 11.3 Å². The topological polar surface area (TPSA) is 86.5 Å². The maximum absolute atomic E-state index is 15.1. The van der Waals surface area contributed by atoms with E-state index in [1.54, 1.807) is 18.2 Å². The normalized spacial score (nSPS) is 14.7. The molecule has 2 aromatic heterocycles. The SMILES string of the molecule is COc1ccc(Cn2c(-c3c(F)cccc3F)nc3sc(N4CCC[C@@H]4C(=O)CCc4ccccc4)nc3c2=O)c(OC)c1. The number of benzene rings is 3. The molecule has 0 amide bonds. The van der Waals surface area contributed by atoms with Gasteiger partial charge in [-0.2, -0.15) is 0 Å². The number of aryl methyl sites for hydroxylation is 1. The zero-order chi connectivity index (χ0) is 30.8. The molecule has 3 heterocycles. The van der Waals surface area contributed by atoms with E-state index in [0.29, 0.717) is 48.0 Å². The summed E-state index contributed by atoms with van der Waals surface area (Å²) in [5.41, 5.74) is 0.772. The molecule has 6 rings (SSSR count). The van der Waals surface area contributed by atoms with Gasteiger partial charge in [-0.15, -0.1) is 0 Å². The molecule has 0 aliphatic carbocycles. The van der Waals surface area contributed by atoms with Crippen LogP contribution in [0.4, 0.5) is 13.9 Å².